The third-order valence-electron chi connectivity index (χ3n) is 3.50. The molecule has 24 heavy (non-hydrogen) atoms. The minimum absolute atomic E-state index is 0.0161. The molecule has 0 unspecified atom stereocenters. The van der Waals surface area contributed by atoms with Crippen LogP contribution < -0.4 is 14.2 Å². The number of nitro groups is 1. The lowest BCUT2D eigenvalue weighted by molar-refractivity contribution is -0.384. The first-order valence-electron chi connectivity index (χ1n) is 7.04. The number of nitro benzene ring substituents is 1. The molecule has 1 aliphatic rings. The molecule has 3 rings (SSSR count). The maximum atomic E-state index is 12.5. The highest BCUT2D eigenvalue weighted by molar-refractivity contribution is 7.92. The highest BCUT2D eigenvalue weighted by Gasteiger charge is 2.21. The number of rotatable bonds is 4. The van der Waals surface area contributed by atoms with Crippen LogP contribution in [0.25, 0.3) is 0 Å². The monoisotopic (exact) mass is 350 g/mol. The van der Waals surface area contributed by atoms with Gasteiger partial charge in [0.05, 0.1) is 15.5 Å². The van der Waals surface area contributed by atoms with Gasteiger partial charge in [0.25, 0.3) is 15.7 Å². The molecule has 1 heterocycles. The number of aryl methyl sites for hydroxylation is 1. The summed E-state index contributed by atoms with van der Waals surface area (Å²) in [5.74, 6) is 0.826. The average molecular weight is 350 g/mol. The number of anilines is 1. The van der Waals surface area contributed by atoms with Crippen LogP contribution in [0.2, 0.25) is 0 Å². The van der Waals surface area contributed by atoms with E-state index in [4.69, 9.17) is 9.47 Å². The Labute approximate surface area is 138 Å². The van der Waals surface area contributed by atoms with Gasteiger partial charge < -0.3 is 9.47 Å². The number of hydrogen-bond donors (Lipinski definition) is 1. The molecule has 9 heteroatoms. The number of sulfonamides is 1. The van der Waals surface area contributed by atoms with E-state index < -0.39 is 14.9 Å². The maximum Gasteiger partial charge on any atom is 0.271 e. The normalized spacial score (nSPS) is 13.4. The molecule has 0 spiro atoms. The Bertz CT molecular complexity index is 910. The van der Waals surface area contributed by atoms with Gasteiger partial charge in [-0.3, -0.25) is 14.8 Å². The van der Waals surface area contributed by atoms with Crippen molar-refractivity contribution in [3.8, 4) is 11.5 Å². The molecule has 1 N–H and O–H groups in total. The van der Waals surface area contributed by atoms with Gasteiger partial charge in [-0.15, -0.1) is 0 Å². The molecule has 0 saturated carbocycles. The van der Waals surface area contributed by atoms with Gasteiger partial charge in [-0.2, -0.15) is 0 Å². The lowest BCUT2D eigenvalue weighted by Crippen LogP contribution is -2.17. The number of nitrogens with one attached hydrogen (secondary N) is 1. The van der Waals surface area contributed by atoms with Crippen molar-refractivity contribution in [3.63, 3.8) is 0 Å². The SMILES string of the molecule is Cc1ccc([N+](=O)[O-])cc1NS(=O)(=O)c1ccc2c(c1)OCCO2. The molecule has 126 valence electrons. The van der Waals surface area contributed by atoms with Crippen molar-refractivity contribution in [1.82, 2.24) is 0 Å². The molecule has 2 aromatic rings. The van der Waals surface area contributed by atoms with Crippen molar-refractivity contribution in [3.05, 3.63) is 52.1 Å². The zero-order chi connectivity index (χ0) is 17.3. The summed E-state index contributed by atoms with van der Waals surface area (Å²) in [5, 5.41) is 10.9. The molecular weight excluding hydrogens is 336 g/mol. The summed E-state index contributed by atoms with van der Waals surface area (Å²) in [5.41, 5.74) is 0.529. The second kappa shape index (κ2) is 6.00. The number of benzene rings is 2. The Balaban J connectivity index is 1.94. The molecule has 0 saturated heterocycles. The molecule has 0 fully saturated rings. The topological polar surface area (TPSA) is 108 Å². The first-order chi connectivity index (χ1) is 11.4. The van der Waals surface area contributed by atoms with Gasteiger partial charge >= 0.3 is 0 Å². The van der Waals surface area contributed by atoms with Crippen LogP contribution in [0.1, 0.15) is 5.56 Å². The Morgan fingerprint density at radius 3 is 2.50 bits per heavy atom. The molecule has 0 radical (unpaired) electrons. The van der Waals surface area contributed by atoms with Gasteiger partial charge in [0.1, 0.15) is 13.2 Å². The van der Waals surface area contributed by atoms with Crippen LogP contribution in [0.3, 0.4) is 0 Å². The van der Waals surface area contributed by atoms with Gasteiger partial charge in [-0.1, -0.05) is 6.07 Å². The van der Waals surface area contributed by atoms with Gasteiger partial charge in [0, 0.05) is 18.2 Å². The molecule has 0 bridgehead atoms. The first-order valence-corrected chi connectivity index (χ1v) is 8.53. The van der Waals surface area contributed by atoms with Crippen molar-refractivity contribution in [1.29, 1.82) is 0 Å². The Kier molecular flexibility index (Phi) is 4.02. The molecule has 0 aliphatic carbocycles. The molecule has 8 nitrogen and oxygen atoms in total. The summed E-state index contributed by atoms with van der Waals surface area (Å²) >= 11 is 0. The highest BCUT2D eigenvalue weighted by Crippen LogP contribution is 2.33. The lowest BCUT2D eigenvalue weighted by atomic mass is 10.2. The second-order valence-electron chi connectivity index (χ2n) is 5.17. The van der Waals surface area contributed by atoms with E-state index in [9.17, 15) is 18.5 Å². The molecule has 2 aromatic carbocycles. The van der Waals surface area contributed by atoms with E-state index >= 15 is 0 Å². The quantitative estimate of drug-likeness (QED) is 0.670. The summed E-state index contributed by atoms with van der Waals surface area (Å²) < 4.78 is 38.2. The van der Waals surface area contributed by atoms with Gasteiger partial charge in [0.15, 0.2) is 11.5 Å². The van der Waals surface area contributed by atoms with Crippen LogP contribution in [-0.4, -0.2) is 26.6 Å². The number of nitrogens with zero attached hydrogens (tertiary/aromatic N) is 1. The Hall–Kier alpha value is -2.81. The third kappa shape index (κ3) is 3.11. The van der Waals surface area contributed by atoms with Gasteiger partial charge in [0.2, 0.25) is 0 Å². The predicted molar refractivity (Wildman–Crippen MR) is 86.1 cm³/mol. The van der Waals surface area contributed by atoms with Crippen LogP contribution in [0, 0.1) is 17.0 Å². The van der Waals surface area contributed by atoms with Crippen molar-refractivity contribution >= 4 is 21.4 Å². The van der Waals surface area contributed by atoms with Crippen LogP contribution in [0.4, 0.5) is 11.4 Å². The average Bonchev–Trinajstić information content (AvgIpc) is 2.56. The van der Waals surface area contributed by atoms with E-state index in [0.717, 1.165) is 0 Å². The molecule has 0 atom stereocenters. The highest BCUT2D eigenvalue weighted by atomic mass is 32.2. The predicted octanol–water partition coefficient (Wildman–Crippen LogP) is 2.48. The van der Waals surface area contributed by atoms with Crippen molar-refractivity contribution in [2.24, 2.45) is 0 Å². The zero-order valence-electron chi connectivity index (χ0n) is 12.7. The fourth-order valence-corrected chi connectivity index (χ4v) is 3.36. The van der Waals surface area contributed by atoms with Gasteiger partial charge in [-0.25, -0.2) is 8.42 Å². The van der Waals surface area contributed by atoms with Crippen LogP contribution in [0.5, 0.6) is 11.5 Å². The van der Waals surface area contributed by atoms with Crippen molar-refractivity contribution < 1.29 is 22.8 Å². The Morgan fingerprint density at radius 2 is 1.79 bits per heavy atom. The van der Waals surface area contributed by atoms with E-state index in [1.165, 1.54) is 36.4 Å². The minimum Gasteiger partial charge on any atom is -0.486 e. The summed E-state index contributed by atoms with van der Waals surface area (Å²) in [7, 11) is -3.92. The first kappa shape index (κ1) is 16.1. The zero-order valence-corrected chi connectivity index (χ0v) is 13.5. The molecule has 0 amide bonds. The largest absolute Gasteiger partial charge is 0.486 e. The van der Waals surface area contributed by atoms with Crippen LogP contribution in [-0.2, 0) is 10.0 Å². The summed E-state index contributed by atoms with van der Waals surface area (Å²) in [4.78, 5) is 10.3. The number of fused-ring (bicyclic) bond motifs is 1. The smallest absolute Gasteiger partial charge is 0.271 e. The fraction of sp³-hybridized carbons (Fsp3) is 0.200. The number of ether oxygens (including phenoxy) is 2. The Morgan fingerprint density at radius 1 is 1.08 bits per heavy atom. The fourth-order valence-electron chi connectivity index (χ4n) is 2.23. The van der Waals surface area contributed by atoms with Gasteiger partial charge in [-0.05, 0) is 24.6 Å². The summed E-state index contributed by atoms with van der Waals surface area (Å²) in [6, 6.07) is 8.26. The van der Waals surface area contributed by atoms with Crippen LogP contribution in [0.15, 0.2) is 41.3 Å². The lowest BCUT2D eigenvalue weighted by Gasteiger charge is -2.19. The van der Waals surface area contributed by atoms with E-state index in [2.05, 4.69) is 4.72 Å². The van der Waals surface area contributed by atoms with E-state index in [-0.39, 0.29) is 16.3 Å². The third-order valence-corrected chi connectivity index (χ3v) is 4.86. The molecule has 0 aromatic heterocycles. The van der Waals surface area contributed by atoms with Crippen LogP contribution >= 0.6 is 0 Å². The van der Waals surface area contributed by atoms with Crippen molar-refractivity contribution in [2.75, 3.05) is 17.9 Å². The minimum atomic E-state index is -3.92. The molecular formula is C15H14N2O6S. The summed E-state index contributed by atoms with van der Waals surface area (Å²) in [6.45, 7) is 2.41. The van der Waals surface area contributed by atoms with E-state index in [1.54, 1.807) is 6.92 Å². The van der Waals surface area contributed by atoms with E-state index in [0.29, 0.717) is 30.3 Å². The van der Waals surface area contributed by atoms with E-state index in [1.807, 2.05) is 0 Å². The number of non-ortho nitro benzene ring substituents is 1. The van der Waals surface area contributed by atoms with Crippen molar-refractivity contribution in [2.45, 2.75) is 11.8 Å². The standard InChI is InChI=1S/C15H14N2O6S/c1-10-2-3-11(17(18)19)8-13(10)16-24(20,21)12-4-5-14-15(9-12)23-7-6-22-14/h2-5,8-9,16H,6-7H2,1H3. The summed E-state index contributed by atoms with van der Waals surface area (Å²) in [6.07, 6.45) is 0. The maximum absolute atomic E-state index is 12.5. The second-order valence-corrected chi connectivity index (χ2v) is 6.85. The number of hydrogen-bond acceptors (Lipinski definition) is 6. The molecule has 1 aliphatic heterocycles.